The van der Waals surface area contributed by atoms with E-state index in [4.69, 9.17) is 0 Å². The number of anilines is 2. The molecule has 0 aliphatic carbocycles. The summed E-state index contributed by atoms with van der Waals surface area (Å²) in [5, 5.41) is 5.71. The summed E-state index contributed by atoms with van der Waals surface area (Å²) in [5.41, 5.74) is 4.77. The molecule has 2 aromatic carbocycles. The summed E-state index contributed by atoms with van der Waals surface area (Å²) in [6, 6.07) is 16.6. The van der Waals surface area contributed by atoms with Crippen LogP contribution in [0.2, 0.25) is 0 Å². The van der Waals surface area contributed by atoms with Crippen LogP contribution in [0.5, 0.6) is 0 Å². The van der Waals surface area contributed by atoms with Gasteiger partial charge in [-0.3, -0.25) is 9.59 Å². The van der Waals surface area contributed by atoms with Gasteiger partial charge in [-0.05, 0) is 42.2 Å². The molecule has 0 spiro atoms. The van der Waals surface area contributed by atoms with Gasteiger partial charge in [-0.2, -0.15) is 0 Å². The van der Waals surface area contributed by atoms with Crippen LogP contribution in [0, 0.1) is 5.92 Å². The zero-order chi connectivity index (χ0) is 17.9. The van der Waals surface area contributed by atoms with Gasteiger partial charge in [0.2, 0.25) is 11.8 Å². The predicted octanol–water partition coefficient (Wildman–Crippen LogP) is 2.71. The van der Waals surface area contributed by atoms with Gasteiger partial charge < -0.3 is 15.5 Å². The number of carbonyl (C=O) groups is 2. The molecule has 2 amide bonds. The number of nitrogens with one attached hydrogen (secondary N) is 2. The number of benzene rings is 2. The molecule has 2 aliphatic heterocycles. The second kappa shape index (κ2) is 7.20. The molecule has 1 unspecified atom stereocenters. The van der Waals surface area contributed by atoms with E-state index in [9.17, 15) is 9.59 Å². The fourth-order valence-electron chi connectivity index (χ4n) is 3.69. The highest BCUT2D eigenvalue weighted by molar-refractivity contribution is 5.94. The van der Waals surface area contributed by atoms with Gasteiger partial charge in [0.1, 0.15) is 0 Å². The van der Waals surface area contributed by atoms with Gasteiger partial charge in [-0.25, -0.2) is 0 Å². The van der Waals surface area contributed by atoms with Crippen molar-refractivity contribution in [3.63, 3.8) is 0 Å². The number of nitrogens with zero attached hydrogens (tertiary/aromatic N) is 1. The first kappa shape index (κ1) is 16.6. The summed E-state index contributed by atoms with van der Waals surface area (Å²) >= 11 is 0. The van der Waals surface area contributed by atoms with Crippen LogP contribution in [-0.4, -0.2) is 24.9 Å². The van der Waals surface area contributed by atoms with Gasteiger partial charge in [0, 0.05) is 37.4 Å². The van der Waals surface area contributed by atoms with E-state index in [1.807, 2.05) is 12.1 Å². The summed E-state index contributed by atoms with van der Waals surface area (Å²) < 4.78 is 0. The topological polar surface area (TPSA) is 61.4 Å². The van der Waals surface area contributed by atoms with Crippen LogP contribution in [0.1, 0.15) is 24.0 Å². The van der Waals surface area contributed by atoms with E-state index < -0.39 is 0 Å². The number of amides is 2. The maximum Gasteiger partial charge on any atom is 0.229 e. The lowest BCUT2D eigenvalue weighted by Gasteiger charge is -2.22. The van der Waals surface area contributed by atoms with Crippen LogP contribution in [0.3, 0.4) is 0 Å². The molecule has 5 heteroatoms. The Balaban J connectivity index is 1.35. The van der Waals surface area contributed by atoms with E-state index in [-0.39, 0.29) is 17.7 Å². The number of hydrogen-bond donors (Lipinski definition) is 2. The van der Waals surface area contributed by atoms with Crippen LogP contribution in [0.15, 0.2) is 48.5 Å². The molecule has 5 nitrogen and oxygen atoms in total. The van der Waals surface area contributed by atoms with Crippen LogP contribution >= 0.6 is 0 Å². The van der Waals surface area contributed by atoms with Crippen molar-refractivity contribution >= 4 is 23.2 Å². The van der Waals surface area contributed by atoms with Crippen molar-refractivity contribution in [3.05, 3.63) is 59.7 Å². The fraction of sp³-hybridized carbons (Fsp3) is 0.333. The molecule has 0 aromatic heterocycles. The lowest BCUT2D eigenvalue weighted by Crippen LogP contribution is -2.40. The van der Waals surface area contributed by atoms with Crippen LogP contribution in [-0.2, 0) is 22.6 Å². The highest BCUT2D eigenvalue weighted by Crippen LogP contribution is 2.29. The van der Waals surface area contributed by atoms with Gasteiger partial charge in [-0.1, -0.05) is 30.3 Å². The second-order valence-corrected chi connectivity index (χ2v) is 7.03. The molecule has 2 heterocycles. The maximum atomic E-state index is 12.3. The maximum absolute atomic E-state index is 12.3. The Morgan fingerprint density at radius 3 is 2.69 bits per heavy atom. The highest BCUT2D eigenvalue weighted by Gasteiger charge is 2.24. The first-order valence-electron chi connectivity index (χ1n) is 9.18. The molecule has 4 rings (SSSR count). The van der Waals surface area contributed by atoms with E-state index in [0.717, 1.165) is 25.2 Å². The van der Waals surface area contributed by atoms with Crippen LogP contribution in [0.4, 0.5) is 11.4 Å². The van der Waals surface area contributed by atoms with E-state index in [1.54, 1.807) is 0 Å². The largest absolute Gasteiger partial charge is 0.367 e. The summed E-state index contributed by atoms with van der Waals surface area (Å²) in [6.07, 6.45) is 2.14. The zero-order valence-electron chi connectivity index (χ0n) is 14.7. The average Bonchev–Trinajstić information content (AvgIpc) is 3.07. The highest BCUT2D eigenvalue weighted by atomic mass is 16.2. The van der Waals surface area contributed by atoms with Crippen molar-refractivity contribution in [1.29, 1.82) is 0 Å². The minimum absolute atomic E-state index is 0.0220. The average molecular weight is 349 g/mol. The van der Waals surface area contributed by atoms with E-state index in [2.05, 4.69) is 51.9 Å². The Hall–Kier alpha value is -2.82. The third kappa shape index (κ3) is 3.57. The monoisotopic (exact) mass is 349 g/mol. The number of fused-ring (bicyclic) bond motifs is 1. The molecule has 1 saturated heterocycles. The van der Waals surface area contributed by atoms with Gasteiger partial charge in [0.25, 0.3) is 0 Å². The number of para-hydroxylation sites is 1. The van der Waals surface area contributed by atoms with Gasteiger partial charge in [0.05, 0.1) is 5.92 Å². The van der Waals surface area contributed by atoms with Crippen molar-refractivity contribution in [2.45, 2.75) is 25.8 Å². The molecular weight excluding hydrogens is 326 g/mol. The predicted molar refractivity (Wildman–Crippen MR) is 102 cm³/mol. The molecule has 26 heavy (non-hydrogen) atoms. The molecule has 2 aromatic rings. The Morgan fingerprint density at radius 2 is 1.92 bits per heavy atom. The van der Waals surface area contributed by atoms with Crippen LogP contribution in [0.25, 0.3) is 0 Å². The lowest BCUT2D eigenvalue weighted by molar-refractivity contribution is -0.126. The van der Waals surface area contributed by atoms with Gasteiger partial charge in [0.15, 0.2) is 0 Å². The molecule has 0 saturated carbocycles. The minimum atomic E-state index is -0.145. The third-order valence-electron chi connectivity index (χ3n) is 5.21. The molecule has 1 fully saturated rings. The Morgan fingerprint density at radius 1 is 1.12 bits per heavy atom. The SMILES string of the molecule is O=C1CCC(C(=O)Nc2ccc(CN3CCc4ccccc43)cc2)CN1. The summed E-state index contributed by atoms with van der Waals surface area (Å²) in [5.74, 6) is -0.137. The number of rotatable bonds is 4. The number of hydrogen-bond acceptors (Lipinski definition) is 3. The van der Waals surface area contributed by atoms with Crippen molar-refractivity contribution in [2.24, 2.45) is 5.92 Å². The molecule has 2 aliphatic rings. The second-order valence-electron chi connectivity index (χ2n) is 7.03. The summed E-state index contributed by atoms with van der Waals surface area (Å²) in [4.78, 5) is 25.9. The summed E-state index contributed by atoms with van der Waals surface area (Å²) in [6.45, 7) is 2.35. The van der Waals surface area contributed by atoms with Crippen molar-refractivity contribution < 1.29 is 9.59 Å². The molecule has 1 atom stereocenters. The molecule has 2 N–H and O–H groups in total. The smallest absolute Gasteiger partial charge is 0.229 e. The number of carbonyl (C=O) groups excluding carboxylic acids is 2. The normalized spacial score (nSPS) is 19.0. The van der Waals surface area contributed by atoms with Crippen LogP contribution < -0.4 is 15.5 Å². The van der Waals surface area contributed by atoms with Crippen molar-refractivity contribution in [2.75, 3.05) is 23.3 Å². The quantitative estimate of drug-likeness (QED) is 0.892. The fourth-order valence-corrected chi connectivity index (χ4v) is 3.69. The van der Waals surface area contributed by atoms with E-state index in [1.165, 1.54) is 16.8 Å². The standard InChI is InChI=1S/C21H23N3O2/c25-20-10-7-17(13-22-20)21(26)23-18-8-5-15(6-9-18)14-24-12-11-16-3-1-2-4-19(16)24/h1-6,8-9,17H,7,10-14H2,(H,22,25)(H,23,26). The Kier molecular flexibility index (Phi) is 4.61. The summed E-state index contributed by atoms with van der Waals surface area (Å²) in [7, 11) is 0. The molecular formula is C21H23N3O2. The third-order valence-corrected chi connectivity index (χ3v) is 5.21. The van der Waals surface area contributed by atoms with Crippen molar-refractivity contribution in [1.82, 2.24) is 5.32 Å². The zero-order valence-corrected chi connectivity index (χ0v) is 14.7. The van der Waals surface area contributed by atoms with Gasteiger partial charge >= 0.3 is 0 Å². The number of piperidine rings is 1. The Bertz CT molecular complexity index is 806. The Labute approximate surface area is 153 Å². The first-order chi connectivity index (χ1) is 12.7. The van der Waals surface area contributed by atoms with Gasteiger partial charge in [-0.15, -0.1) is 0 Å². The minimum Gasteiger partial charge on any atom is -0.367 e. The van der Waals surface area contributed by atoms with E-state index in [0.29, 0.717) is 19.4 Å². The molecule has 134 valence electrons. The molecule has 0 radical (unpaired) electrons. The van der Waals surface area contributed by atoms with Crippen molar-refractivity contribution in [3.8, 4) is 0 Å². The van der Waals surface area contributed by atoms with E-state index >= 15 is 0 Å². The molecule has 0 bridgehead atoms. The first-order valence-corrected chi connectivity index (χ1v) is 9.18. The lowest BCUT2D eigenvalue weighted by atomic mass is 9.98.